The molecule has 0 radical (unpaired) electrons. The maximum absolute atomic E-state index is 11.4. The van der Waals surface area contributed by atoms with Crippen LogP contribution in [0.25, 0.3) is 10.4 Å². The van der Waals surface area contributed by atoms with E-state index in [-0.39, 0.29) is 0 Å². The van der Waals surface area contributed by atoms with Crippen LogP contribution in [0.3, 0.4) is 0 Å². The second-order valence-corrected chi connectivity index (χ2v) is 5.02. The van der Waals surface area contributed by atoms with E-state index >= 15 is 0 Å². The first kappa shape index (κ1) is 20.9. The zero-order valence-corrected chi connectivity index (χ0v) is 14.0. The van der Waals surface area contributed by atoms with Gasteiger partial charge in [0, 0.05) is 25.7 Å². The lowest BCUT2D eigenvalue weighted by molar-refractivity contribution is -0.783. The lowest BCUT2D eigenvalue weighted by Gasteiger charge is -2.42. The summed E-state index contributed by atoms with van der Waals surface area (Å²) in [5.41, 5.74) is 8.69. The first-order valence-electron chi connectivity index (χ1n) is 7.14. The van der Waals surface area contributed by atoms with Gasteiger partial charge in [0.25, 0.3) is 5.09 Å². The Morgan fingerprint density at radius 3 is 2.19 bits per heavy atom. The second kappa shape index (κ2) is 9.39. The van der Waals surface area contributed by atoms with E-state index in [1.165, 1.54) is 0 Å². The molecule has 1 aliphatic rings. The minimum absolute atomic E-state index is 0.494. The maximum Gasteiger partial charge on any atom is 0.303 e. The van der Waals surface area contributed by atoms with Crippen LogP contribution in [0.2, 0.25) is 0 Å². The number of rotatable bonds is 7. The van der Waals surface area contributed by atoms with Crippen LogP contribution in [-0.2, 0) is 38.2 Å². The van der Waals surface area contributed by atoms with Crippen molar-refractivity contribution >= 4 is 17.9 Å². The number of ether oxygens (including phenoxy) is 4. The quantitative estimate of drug-likeness (QED) is 0.111. The summed E-state index contributed by atoms with van der Waals surface area (Å²) in [5, 5.41) is 12.8. The molecule has 1 fully saturated rings. The van der Waals surface area contributed by atoms with Crippen molar-refractivity contribution in [1.82, 2.24) is 0 Å². The van der Waals surface area contributed by atoms with Crippen LogP contribution in [0.1, 0.15) is 20.8 Å². The molecule has 14 nitrogen and oxygen atoms in total. The Kier molecular flexibility index (Phi) is 7.55. The highest BCUT2D eigenvalue weighted by molar-refractivity contribution is 5.68. The van der Waals surface area contributed by atoms with Crippen LogP contribution in [0.4, 0.5) is 0 Å². The van der Waals surface area contributed by atoms with Crippen molar-refractivity contribution in [2.45, 2.75) is 51.4 Å². The van der Waals surface area contributed by atoms with Crippen LogP contribution in [-0.4, -0.2) is 60.2 Å². The first-order chi connectivity index (χ1) is 12.1. The third-order valence-electron chi connectivity index (χ3n) is 3.04. The molecule has 144 valence electrons. The number of carbonyl (C=O) groups excluding carboxylic acids is 3. The summed E-state index contributed by atoms with van der Waals surface area (Å²) in [4.78, 5) is 51.3. The van der Waals surface area contributed by atoms with Crippen LogP contribution in [0.5, 0.6) is 0 Å². The second-order valence-electron chi connectivity index (χ2n) is 5.02. The minimum atomic E-state index is -1.79. The SMILES string of the molecule is CC(=O)OCC1OC(O[N+](=O)[O-])C(N=[N+]=[N-])[C@@H](OC(C)=O)[C@@H]1OC(C)=O. The molecule has 1 aliphatic heterocycles. The van der Waals surface area contributed by atoms with Crippen molar-refractivity contribution in [2.75, 3.05) is 6.61 Å². The predicted octanol–water partition coefficient (Wildman–Crippen LogP) is 0.0250. The summed E-state index contributed by atoms with van der Waals surface area (Å²) in [6.45, 7) is 2.68. The molecule has 0 N–H and O–H groups in total. The molecule has 0 spiro atoms. The molecule has 14 heteroatoms. The Bertz CT molecular complexity index is 619. The van der Waals surface area contributed by atoms with Crippen LogP contribution in [0, 0.1) is 10.1 Å². The average molecular weight is 376 g/mol. The van der Waals surface area contributed by atoms with Gasteiger partial charge < -0.3 is 18.9 Å². The standard InChI is InChI=1S/C12H16N4O10/c1-5(17)22-4-8-10(23-6(2)18)11(24-7(3)19)9(14-15-13)12(25-8)26-16(20)21/h8-12H,4H2,1-3H3/t8?,9?,10-,11-,12?/m1/s1. The van der Waals surface area contributed by atoms with Gasteiger partial charge in [0.05, 0.1) is 0 Å². The lowest BCUT2D eigenvalue weighted by Crippen LogP contribution is -2.61. The van der Waals surface area contributed by atoms with Crippen molar-refractivity contribution in [2.24, 2.45) is 5.11 Å². The highest BCUT2D eigenvalue weighted by Gasteiger charge is 2.51. The summed E-state index contributed by atoms with van der Waals surface area (Å²) in [6.07, 6.45) is -5.94. The average Bonchev–Trinajstić information content (AvgIpc) is 2.49. The van der Waals surface area contributed by atoms with Gasteiger partial charge in [-0.3, -0.25) is 19.2 Å². The van der Waals surface area contributed by atoms with E-state index in [0.29, 0.717) is 0 Å². The molecule has 0 aromatic carbocycles. The third-order valence-corrected chi connectivity index (χ3v) is 3.04. The van der Waals surface area contributed by atoms with Gasteiger partial charge >= 0.3 is 17.9 Å². The molecule has 0 bridgehead atoms. The van der Waals surface area contributed by atoms with Gasteiger partial charge in [-0.25, -0.2) is 0 Å². The monoisotopic (exact) mass is 376 g/mol. The topological polar surface area (TPSA) is 189 Å². The van der Waals surface area contributed by atoms with Gasteiger partial charge in [-0.15, -0.1) is 10.1 Å². The Balaban J connectivity index is 3.28. The molecule has 0 amide bonds. The van der Waals surface area contributed by atoms with Gasteiger partial charge in [0.1, 0.15) is 18.8 Å². The third kappa shape index (κ3) is 6.07. The van der Waals surface area contributed by atoms with Crippen molar-refractivity contribution in [3.05, 3.63) is 20.6 Å². The van der Waals surface area contributed by atoms with Crippen molar-refractivity contribution < 1.29 is 43.3 Å². The number of carbonyl (C=O) groups is 3. The van der Waals surface area contributed by atoms with E-state index in [0.717, 1.165) is 20.8 Å². The summed E-state index contributed by atoms with van der Waals surface area (Å²) < 4.78 is 20.1. The van der Waals surface area contributed by atoms with E-state index in [2.05, 4.69) is 14.9 Å². The Labute approximate surface area is 146 Å². The largest absolute Gasteiger partial charge is 0.463 e. The molecular formula is C12H16N4O10. The fourth-order valence-corrected chi connectivity index (χ4v) is 2.24. The van der Waals surface area contributed by atoms with E-state index < -0.39 is 60.2 Å². The van der Waals surface area contributed by atoms with Crippen LogP contribution >= 0.6 is 0 Å². The Hall–Kier alpha value is -3.12. The zero-order chi connectivity index (χ0) is 19.9. The van der Waals surface area contributed by atoms with Gasteiger partial charge in [-0.05, 0) is 5.53 Å². The summed E-state index contributed by atoms with van der Waals surface area (Å²) in [6, 6.07) is -1.55. The molecule has 1 saturated heterocycles. The summed E-state index contributed by atoms with van der Waals surface area (Å²) in [5.74, 6) is -2.36. The van der Waals surface area contributed by atoms with Crippen LogP contribution in [0.15, 0.2) is 5.11 Å². The van der Waals surface area contributed by atoms with Gasteiger partial charge in [0.15, 0.2) is 12.2 Å². The number of azide groups is 1. The van der Waals surface area contributed by atoms with Crippen molar-refractivity contribution in [1.29, 1.82) is 0 Å². The molecule has 0 saturated carbocycles. The highest BCUT2D eigenvalue weighted by Crippen LogP contribution is 2.29. The Morgan fingerprint density at radius 2 is 1.73 bits per heavy atom. The van der Waals surface area contributed by atoms with E-state index in [1.54, 1.807) is 0 Å². The normalized spacial score (nSPS) is 27.4. The number of esters is 3. The molecule has 5 atom stereocenters. The molecule has 0 aromatic heterocycles. The lowest BCUT2D eigenvalue weighted by atomic mass is 9.97. The van der Waals surface area contributed by atoms with Crippen molar-refractivity contribution in [3.63, 3.8) is 0 Å². The molecule has 0 aliphatic carbocycles. The number of hydrogen-bond acceptors (Lipinski definition) is 11. The molecular weight excluding hydrogens is 360 g/mol. The van der Waals surface area contributed by atoms with Gasteiger partial charge in [-0.1, -0.05) is 5.11 Å². The number of nitrogens with zero attached hydrogens (tertiary/aromatic N) is 4. The minimum Gasteiger partial charge on any atom is -0.463 e. The summed E-state index contributed by atoms with van der Waals surface area (Å²) in [7, 11) is 0. The molecule has 1 rings (SSSR count). The molecule has 3 unspecified atom stereocenters. The fourth-order valence-electron chi connectivity index (χ4n) is 2.24. The first-order valence-corrected chi connectivity index (χ1v) is 7.14. The van der Waals surface area contributed by atoms with Crippen molar-refractivity contribution in [3.8, 4) is 0 Å². The van der Waals surface area contributed by atoms with E-state index in [9.17, 15) is 24.5 Å². The molecule has 26 heavy (non-hydrogen) atoms. The number of hydrogen-bond donors (Lipinski definition) is 0. The predicted molar refractivity (Wildman–Crippen MR) is 77.4 cm³/mol. The summed E-state index contributed by atoms with van der Waals surface area (Å²) >= 11 is 0. The van der Waals surface area contributed by atoms with E-state index in [4.69, 9.17) is 24.5 Å². The smallest absolute Gasteiger partial charge is 0.303 e. The molecule has 0 aromatic rings. The van der Waals surface area contributed by atoms with Gasteiger partial charge in [0.2, 0.25) is 6.29 Å². The molecule has 1 heterocycles. The Morgan fingerprint density at radius 1 is 1.15 bits per heavy atom. The van der Waals surface area contributed by atoms with Gasteiger partial charge in [-0.2, -0.15) is 0 Å². The fraction of sp³-hybridized carbons (Fsp3) is 0.750. The van der Waals surface area contributed by atoms with Crippen LogP contribution < -0.4 is 0 Å². The van der Waals surface area contributed by atoms with E-state index in [1.807, 2.05) is 0 Å². The zero-order valence-electron chi connectivity index (χ0n) is 14.0. The maximum atomic E-state index is 11.4. The highest BCUT2D eigenvalue weighted by atomic mass is 17.0.